The summed E-state index contributed by atoms with van der Waals surface area (Å²) in [6.07, 6.45) is 4.03. The van der Waals surface area contributed by atoms with Crippen molar-refractivity contribution in [3.05, 3.63) is 29.8 Å². The van der Waals surface area contributed by atoms with Crippen LogP contribution in [0.2, 0.25) is 0 Å². The van der Waals surface area contributed by atoms with Crippen LogP contribution in [-0.2, 0) is 11.2 Å². The minimum Gasteiger partial charge on any atom is -0.484 e. The van der Waals surface area contributed by atoms with Crippen molar-refractivity contribution in [3.8, 4) is 5.75 Å². The van der Waals surface area contributed by atoms with Gasteiger partial charge in [0.2, 0.25) is 0 Å². The van der Waals surface area contributed by atoms with Crippen LogP contribution in [0.15, 0.2) is 24.3 Å². The number of rotatable bonds is 7. The SMILES string of the molecule is CCC(N)Cc1cccc(OCC(=O)N(C)C2CC2)c1. The predicted octanol–water partition coefficient (Wildman–Crippen LogP) is 1.97. The van der Waals surface area contributed by atoms with Gasteiger partial charge in [-0.2, -0.15) is 0 Å². The summed E-state index contributed by atoms with van der Waals surface area (Å²) in [6, 6.07) is 8.45. The van der Waals surface area contributed by atoms with Crippen molar-refractivity contribution in [2.24, 2.45) is 5.73 Å². The van der Waals surface area contributed by atoms with E-state index in [4.69, 9.17) is 10.5 Å². The van der Waals surface area contributed by atoms with Crippen molar-refractivity contribution in [2.45, 2.75) is 44.7 Å². The van der Waals surface area contributed by atoms with Gasteiger partial charge in [0.25, 0.3) is 5.91 Å². The summed E-state index contributed by atoms with van der Waals surface area (Å²) in [6.45, 7) is 2.19. The van der Waals surface area contributed by atoms with Crippen molar-refractivity contribution < 1.29 is 9.53 Å². The molecule has 1 saturated carbocycles. The maximum Gasteiger partial charge on any atom is 0.260 e. The number of amides is 1. The predicted molar refractivity (Wildman–Crippen MR) is 79.7 cm³/mol. The first-order valence-electron chi connectivity index (χ1n) is 7.33. The number of likely N-dealkylation sites (N-methyl/N-ethyl adjacent to an activating group) is 1. The van der Waals surface area contributed by atoms with Crippen LogP contribution in [0.3, 0.4) is 0 Å². The van der Waals surface area contributed by atoms with E-state index < -0.39 is 0 Å². The van der Waals surface area contributed by atoms with Gasteiger partial charge in [-0.15, -0.1) is 0 Å². The molecule has 1 amide bonds. The lowest BCUT2D eigenvalue weighted by molar-refractivity contribution is -0.132. The maximum absolute atomic E-state index is 11.9. The highest BCUT2D eigenvalue weighted by molar-refractivity contribution is 5.78. The van der Waals surface area contributed by atoms with Gasteiger partial charge in [0.05, 0.1) is 0 Å². The van der Waals surface area contributed by atoms with Crippen molar-refractivity contribution >= 4 is 5.91 Å². The molecule has 1 aromatic rings. The first-order valence-corrected chi connectivity index (χ1v) is 7.33. The highest BCUT2D eigenvalue weighted by Crippen LogP contribution is 2.25. The van der Waals surface area contributed by atoms with Crippen molar-refractivity contribution in [1.82, 2.24) is 4.90 Å². The molecule has 0 aromatic heterocycles. The molecule has 1 aliphatic carbocycles. The first-order chi connectivity index (χ1) is 9.60. The molecular formula is C16H24N2O2. The van der Waals surface area contributed by atoms with E-state index in [1.54, 1.807) is 4.90 Å². The van der Waals surface area contributed by atoms with E-state index >= 15 is 0 Å². The molecule has 0 aliphatic heterocycles. The van der Waals surface area contributed by atoms with Crippen LogP contribution in [0.4, 0.5) is 0 Å². The van der Waals surface area contributed by atoms with Gasteiger partial charge in [-0.1, -0.05) is 19.1 Å². The standard InChI is InChI=1S/C16H24N2O2/c1-3-13(17)9-12-5-4-6-15(10-12)20-11-16(19)18(2)14-7-8-14/h4-6,10,13-14H,3,7-9,11,17H2,1-2H3. The quantitative estimate of drug-likeness (QED) is 0.828. The first kappa shape index (κ1) is 14.9. The molecule has 0 saturated heterocycles. The molecule has 0 radical (unpaired) electrons. The molecule has 0 heterocycles. The Morgan fingerprint density at radius 2 is 2.25 bits per heavy atom. The second kappa shape index (κ2) is 6.75. The fraction of sp³-hybridized carbons (Fsp3) is 0.562. The van der Waals surface area contributed by atoms with Gasteiger partial charge in [0.1, 0.15) is 5.75 Å². The number of carbonyl (C=O) groups excluding carboxylic acids is 1. The third kappa shape index (κ3) is 4.23. The fourth-order valence-electron chi connectivity index (χ4n) is 2.12. The molecule has 1 fully saturated rings. The zero-order valence-electron chi connectivity index (χ0n) is 12.3. The van der Waals surface area contributed by atoms with Crippen molar-refractivity contribution in [2.75, 3.05) is 13.7 Å². The highest BCUT2D eigenvalue weighted by Gasteiger charge is 2.29. The van der Waals surface area contributed by atoms with Gasteiger partial charge in [0.15, 0.2) is 6.61 Å². The minimum absolute atomic E-state index is 0.0446. The second-order valence-electron chi connectivity index (χ2n) is 5.54. The van der Waals surface area contributed by atoms with E-state index in [1.165, 1.54) is 0 Å². The van der Waals surface area contributed by atoms with Gasteiger partial charge >= 0.3 is 0 Å². The molecule has 2 rings (SSSR count). The lowest BCUT2D eigenvalue weighted by Crippen LogP contribution is -2.33. The number of nitrogens with two attached hydrogens (primary N) is 1. The second-order valence-corrected chi connectivity index (χ2v) is 5.54. The molecule has 2 N–H and O–H groups in total. The average molecular weight is 276 g/mol. The van der Waals surface area contributed by atoms with Crippen LogP contribution in [0, 0.1) is 0 Å². The van der Waals surface area contributed by atoms with Crippen LogP contribution in [-0.4, -0.2) is 36.5 Å². The topological polar surface area (TPSA) is 55.6 Å². The van der Waals surface area contributed by atoms with E-state index in [1.807, 2.05) is 31.3 Å². The Balaban J connectivity index is 1.85. The van der Waals surface area contributed by atoms with Crippen LogP contribution in [0.5, 0.6) is 5.75 Å². The van der Waals surface area contributed by atoms with E-state index in [0.717, 1.165) is 37.0 Å². The molecule has 20 heavy (non-hydrogen) atoms. The lowest BCUT2D eigenvalue weighted by Gasteiger charge is -2.17. The van der Waals surface area contributed by atoms with Crippen molar-refractivity contribution in [1.29, 1.82) is 0 Å². The maximum atomic E-state index is 11.9. The van der Waals surface area contributed by atoms with Gasteiger partial charge in [-0.3, -0.25) is 4.79 Å². The minimum atomic E-state index is 0.0446. The Kier molecular flexibility index (Phi) is 5.01. The number of carbonyl (C=O) groups is 1. The molecule has 1 aliphatic rings. The molecule has 1 unspecified atom stereocenters. The Morgan fingerprint density at radius 1 is 1.50 bits per heavy atom. The summed E-state index contributed by atoms with van der Waals surface area (Å²) >= 11 is 0. The zero-order chi connectivity index (χ0) is 14.5. The summed E-state index contributed by atoms with van der Waals surface area (Å²) in [5.41, 5.74) is 7.11. The third-order valence-electron chi connectivity index (χ3n) is 3.77. The van der Waals surface area contributed by atoms with Gasteiger partial charge < -0.3 is 15.4 Å². The van der Waals surface area contributed by atoms with E-state index in [2.05, 4.69) is 6.92 Å². The van der Waals surface area contributed by atoms with Crippen LogP contribution < -0.4 is 10.5 Å². The van der Waals surface area contributed by atoms with E-state index in [9.17, 15) is 4.79 Å². The van der Waals surface area contributed by atoms with Crippen LogP contribution in [0.1, 0.15) is 31.7 Å². The monoisotopic (exact) mass is 276 g/mol. The number of nitrogens with zero attached hydrogens (tertiary/aromatic N) is 1. The number of hydrogen-bond acceptors (Lipinski definition) is 3. The van der Waals surface area contributed by atoms with Gasteiger partial charge in [0, 0.05) is 19.1 Å². The summed E-state index contributed by atoms with van der Waals surface area (Å²) < 4.78 is 5.59. The number of hydrogen-bond donors (Lipinski definition) is 1. The number of ether oxygens (including phenoxy) is 1. The molecule has 4 heteroatoms. The van der Waals surface area contributed by atoms with Crippen LogP contribution >= 0.6 is 0 Å². The molecular weight excluding hydrogens is 252 g/mol. The molecule has 4 nitrogen and oxygen atoms in total. The van der Waals surface area contributed by atoms with Crippen LogP contribution in [0.25, 0.3) is 0 Å². The summed E-state index contributed by atoms with van der Waals surface area (Å²) in [4.78, 5) is 13.7. The summed E-state index contributed by atoms with van der Waals surface area (Å²) in [7, 11) is 1.85. The Hall–Kier alpha value is -1.55. The summed E-state index contributed by atoms with van der Waals surface area (Å²) in [5, 5.41) is 0. The fourth-order valence-corrected chi connectivity index (χ4v) is 2.12. The lowest BCUT2D eigenvalue weighted by atomic mass is 10.0. The Labute approximate surface area is 120 Å². The molecule has 0 bridgehead atoms. The Morgan fingerprint density at radius 3 is 2.90 bits per heavy atom. The van der Waals surface area contributed by atoms with E-state index in [-0.39, 0.29) is 18.6 Å². The molecule has 1 aromatic carbocycles. The van der Waals surface area contributed by atoms with Crippen molar-refractivity contribution in [3.63, 3.8) is 0 Å². The molecule has 110 valence electrons. The third-order valence-corrected chi connectivity index (χ3v) is 3.77. The molecule has 1 atom stereocenters. The largest absolute Gasteiger partial charge is 0.484 e. The van der Waals surface area contributed by atoms with Gasteiger partial charge in [-0.25, -0.2) is 0 Å². The Bertz CT molecular complexity index is 458. The normalized spacial score (nSPS) is 15.8. The smallest absolute Gasteiger partial charge is 0.260 e. The average Bonchev–Trinajstić information content (AvgIpc) is 3.28. The van der Waals surface area contributed by atoms with E-state index in [0.29, 0.717) is 6.04 Å². The highest BCUT2D eigenvalue weighted by atomic mass is 16.5. The summed E-state index contributed by atoms with van der Waals surface area (Å²) in [5.74, 6) is 0.784. The number of benzene rings is 1. The van der Waals surface area contributed by atoms with Gasteiger partial charge in [-0.05, 0) is 43.4 Å². The zero-order valence-corrected chi connectivity index (χ0v) is 12.3. The molecule has 0 spiro atoms.